The summed E-state index contributed by atoms with van der Waals surface area (Å²) in [5.74, 6) is 0. The first-order chi connectivity index (χ1) is 22.3. The molecular weight excluding hydrogens is 552 g/mol. The van der Waals surface area contributed by atoms with Crippen LogP contribution in [0.1, 0.15) is 0 Å². The first-order valence-corrected chi connectivity index (χ1v) is 15.0. The number of benzene rings is 7. The van der Waals surface area contributed by atoms with Gasteiger partial charge in [-0.3, -0.25) is 0 Å². The molecule has 7 aromatic carbocycles. The predicted molar refractivity (Wildman–Crippen MR) is 184 cm³/mol. The van der Waals surface area contributed by atoms with Gasteiger partial charge < -0.3 is 9.32 Å². The zero-order chi connectivity index (χ0) is 29.7. The van der Waals surface area contributed by atoms with Crippen molar-refractivity contribution in [1.29, 1.82) is 0 Å². The minimum atomic E-state index is 0.853. The zero-order valence-electron chi connectivity index (χ0n) is 24.2. The van der Waals surface area contributed by atoms with Gasteiger partial charge in [0.05, 0.1) is 5.69 Å². The van der Waals surface area contributed by atoms with Crippen molar-refractivity contribution >= 4 is 60.8 Å². The summed E-state index contributed by atoms with van der Waals surface area (Å²) in [6.07, 6.45) is 0. The number of hydrogen-bond donors (Lipinski definition) is 0. The van der Waals surface area contributed by atoms with Gasteiger partial charge in [0.15, 0.2) is 0 Å². The molecule has 5 nitrogen and oxygen atoms in total. The molecule has 0 atom stereocenters. The van der Waals surface area contributed by atoms with Crippen molar-refractivity contribution in [2.45, 2.75) is 0 Å². The van der Waals surface area contributed by atoms with Crippen LogP contribution in [0.4, 0.5) is 17.1 Å². The topological polar surface area (TPSA) is 47.1 Å². The second kappa shape index (κ2) is 10.2. The molecule has 0 bridgehead atoms. The highest BCUT2D eigenvalue weighted by molar-refractivity contribution is 6.07. The van der Waals surface area contributed by atoms with Gasteiger partial charge in [0.2, 0.25) is 0 Å². The van der Waals surface area contributed by atoms with Gasteiger partial charge in [0.1, 0.15) is 22.2 Å². The molecule has 9 aromatic rings. The summed E-state index contributed by atoms with van der Waals surface area (Å²) >= 11 is 0. The summed E-state index contributed by atoms with van der Waals surface area (Å²) in [6, 6.07) is 54.6. The number of para-hydroxylation sites is 2. The maximum atomic E-state index is 6.32. The van der Waals surface area contributed by atoms with E-state index in [1.165, 1.54) is 11.1 Å². The fraction of sp³-hybridized carbons (Fsp3) is 0. The van der Waals surface area contributed by atoms with Crippen molar-refractivity contribution in [2.24, 2.45) is 0 Å². The first kappa shape index (κ1) is 25.3. The standard InChI is InChI=1S/C40H26N4O/c1-3-9-27(10-4-1)28-15-19-30(20-16-28)43(33-22-23-35-34-13-7-8-14-38(34)45-39(35)26-33)32-21-17-29-18-24-37-40(36(29)25-32)42-44(41-37)31-11-5-2-6-12-31/h1-26H. The number of anilines is 3. The van der Waals surface area contributed by atoms with E-state index in [1.807, 2.05) is 54.6 Å². The van der Waals surface area contributed by atoms with E-state index in [1.54, 1.807) is 4.80 Å². The Morgan fingerprint density at radius 3 is 1.96 bits per heavy atom. The number of rotatable bonds is 5. The van der Waals surface area contributed by atoms with Gasteiger partial charge in [-0.2, -0.15) is 4.80 Å². The summed E-state index contributed by atoms with van der Waals surface area (Å²) in [6.45, 7) is 0. The second-order valence-electron chi connectivity index (χ2n) is 11.2. The molecule has 0 N–H and O–H groups in total. The van der Waals surface area contributed by atoms with Crippen molar-refractivity contribution in [3.8, 4) is 16.8 Å². The molecular formula is C40H26N4O. The number of nitrogens with zero attached hydrogens (tertiary/aromatic N) is 4. The van der Waals surface area contributed by atoms with Crippen molar-refractivity contribution in [1.82, 2.24) is 15.0 Å². The van der Waals surface area contributed by atoms with Gasteiger partial charge in [0.25, 0.3) is 0 Å². The molecule has 0 fully saturated rings. The Balaban J connectivity index is 1.22. The minimum absolute atomic E-state index is 0.853. The molecule has 2 aromatic heterocycles. The number of furan rings is 1. The van der Waals surface area contributed by atoms with Crippen LogP contribution in [0.5, 0.6) is 0 Å². The van der Waals surface area contributed by atoms with E-state index < -0.39 is 0 Å². The maximum absolute atomic E-state index is 6.32. The number of hydrogen-bond acceptors (Lipinski definition) is 4. The first-order valence-electron chi connectivity index (χ1n) is 15.0. The van der Waals surface area contributed by atoms with E-state index in [9.17, 15) is 0 Å². The third kappa shape index (κ3) is 4.33. The zero-order valence-corrected chi connectivity index (χ0v) is 24.2. The Bertz CT molecular complexity index is 2480. The van der Waals surface area contributed by atoms with Crippen LogP contribution in [0.3, 0.4) is 0 Å². The summed E-state index contributed by atoms with van der Waals surface area (Å²) in [5.41, 5.74) is 9.82. The van der Waals surface area contributed by atoms with Crippen molar-refractivity contribution < 1.29 is 4.42 Å². The van der Waals surface area contributed by atoms with Gasteiger partial charge in [-0.05, 0) is 77.2 Å². The molecule has 0 saturated carbocycles. The molecule has 0 spiro atoms. The van der Waals surface area contributed by atoms with Gasteiger partial charge in [-0.25, -0.2) is 0 Å². The third-order valence-corrected chi connectivity index (χ3v) is 8.45. The van der Waals surface area contributed by atoms with Gasteiger partial charge in [-0.1, -0.05) is 91.0 Å². The van der Waals surface area contributed by atoms with Crippen LogP contribution in [-0.4, -0.2) is 15.0 Å². The van der Waals surface area contributed by atoms with E-state index in [0.29, 0.717) is 0 Å². The van der Waals surface area contributed by atoms with E-state index in [-0.39, 0.29) is 0 Å². The van der Waals surface area contributed by atoms with Crippen LogP contribution >= 0.6 is 0 Å². The highest BCUT2D eigenvalue weighted by Gasteiger charge is 2.17. The molecule has 212 valence electrons. The summed E-state index contributed by atoms with van der Waals surface area (Å²) in [7, 11) is 0. The van der Waals surface area contributed by atoms with Crippen LogP contribution in [-0.2, 0) is 0 Å². The average molecular weight is 579 g/mol. The Labute approximate surface area is 259 Å². The highest BCUT2D eigenvalue weighted by atomic mass is 16.3. The lowest BCUT2D eigenvalue weighted by molar-refractivity contribution is 0.669. The Morgan fingerprint density at radius 2 is 1.11 bits per heavy atom. The average Bonchev–Trinajstić information content (AvgIpc) is 3.72. The molecule has 0 amide bonds. The monoisotopic (exact) mass is 578 g/mol. The van der Waals surface area contributed by atoms with Crippen LogP contribution in [0.2, 0.25) is 0 Å². The van der Waals surface area contributed by atoms with Crippen molar-refractivity contribution in [3.63, 3.8) is 0 Å². The van der Waals surface area contributed by atoms with E-state index in [2.05, 4.69) is 108 Å². The quantitative estimate of drug-likeness (QED) is 0.204. The third-order valence-electron chi connectivity index (χ3n) is 8.45. The largest absolute Gasteiger partial charge is 0.456 e. The number of aromatic nitrogens is 3. The lowest BCUT2D eigenvalue weighted by atomic mass is 10.0. The van der Waals surface area contributed by atoms with Crippen LogP contribution in [0.15, 0.2) is 162 Å². The van der Waals surface area contributed by atoms with Crippen LogP contribution < -0.4 is 4.90 Å². The maximum Gasteiger partial charge on any atom is 0.137 e. The van der Waals surface area contributed by atoms with Gasteiger partial charge in [-0.15, -0.1) is 10.2 Å². The molecule has 9 rings (SSSR count). The van der Waals surface area contributed by atoms with E-state index in [0.717, 1.165) is 66.5 Å². The lowest BCUT2D eigenvalue weighted by Crippen LogP contribution is -2.09. The van der Waals surface area contributed by atoms with E-state index >= 15 is 0 Å². The highest BCUT2D eigenvalue weighted by Crippen LogP contribution is 2.40. The Morgan fingerprint density at radius 1 is 0.467 bits per heavy atom. The summed E-state index contributed by atoms with van der Waals surface area (Å²) in [5, 5.41) is 14.1. The van der Waals surface area contributed by atoms with E-state index in [4.69, 9.17) is 14.6 Å². The molecule has 0 unspecified atom stereocenters. The molecule has 0 aliphatic carbocycles. The molecule has 0 aliphatic rings. The predicted octanol–water partition coefficient (Wildman–Crippen LogP) is 10.6. The summed E-state index contributed by atoms with van der Waals surface area (Å²) < 4.78 is 6.32. The van der Waals surface area contributed by atoms with Crippen molar-refractivity contribution in [3.05, 3.63) is 158 Å². The Kier molecular flexibility index (Phi) is 5.74. The molecule has 0 saturated heterocycles. The molecule has 0 radical (unpaired) electrons. The second-order valence-corrected chi connectivity index (χ2v) is 11.2. The normalized spacial score (nSPS) is 11.6. The smallest absolute Gasteiger partial charge is 0.137 e. The molecule has 2 heterocycles. The number of fused-ring (bicyclic) bond motifs is 6. The van der Waals surface area contributed by atoms with Gasteiger partial charge >= 0.3 is 0 Å². The summed E-state index contributed by atoms with van der Waals surface area (Å²) in [4.78, 5) is 3.99. The minimum Gasteiger partial charge on any atom is -0.456 e. The fourth-order valence-corrected chi connectivity index (χ4v) is 6.24. The van der Waals surface area contributed by atoms with Crippen LogP contribution in [0, 0.1) is 0 Å². The molecule has 5 heteroatoms. The van der Waals surface area contributed by atoms with Crippen LogP contribution in [0.25, 0.3) is 60.6 Å². The molecule has 0 aliphatic heterocycles. The lowest BCUT2D eigenvalue weighted by Gasteiger charge is -2.26. The fourth-order valence-electron chi connectivity index (χ4n) is 6.24. The SMILES string of the molecule is c1ccc(-c2ccc(N(c3ccc4c(c3)oc3ccccc34)c3ccc4ccc5nn(-c6ccccc6)nc5c4c3)cc2)cc1. The molecule has 45 heavy (non-hydrogen) atoms. The Hall–Kier alpha value is -6.20. The van der Waals surface area contributed by atoms with Gasteiger partial charge in [0, 0.05) is 39.3 Å². The van der Waals surface area contributed by atoms with Crippen molar-refractivity contribution in [2.75, 3.05) is 4.90 Å².